The minimum atomic E-state index is -0.877. The predicted octanol–water partition coefficient (Wildman–Crippen LogP) is 2.09. The number of hydrogen-bond acceptors (Lipinski definition) is 3. The number of carboxylic acid groups (broad SMARTS) is 1. The van der Waals surface area contributed by atoms with E-state index in [9.17, 15) is 14.4 Å². The number of anilines is 1. The third-order valence-electron chi connectivity index (χ3n) is 3.98. The maximum Gasteiger partial charge on any atom is 0.315 e. The molecule has 0 radical (unpaired) electrons. The second-order valence-electron chi connectivity index (χ2n) is 5.92. The summed E-state index contributed by atoms with van der Waals surface area (Å²) >= 11 is 0. The van der Waals surface area contributed by atoms with Crippen molar-refractivity contribution in [2.45, 2.75) is 38.6 Å². The average molecular weight is 333 g/mol. The van der Waals surface area contributed by atoms with Crippen molar-refractivity contribution in [2.75, 3.05) is 11.9 Å². The molecule has 7 nitrogen and oxygen atoms in total. The molecular weight excluding hydrogens is 310 g/mol. The van der Waals surface area contributed by atoms with Crippen molar-refractivity contribution in [3.63, 3.8) is 0 Å². The number of hydrogen-bond donors (Lipinski definition) is 4. The van der Waals surface area contributed by atoms with Gasteiger partial charge >= 0.3 is 12.0 Å². The zero-order chi connectivity index (χ0) is 17.4. The minimum absolute atomic E-state index is 0.0308. The van der Waals surface area contributed by atoms with Gasteiger partial charge in [-0.05, 0) is 37.0 Å². The molecule has 1 aromatic carbocycles. The monoisotopic (exact) mass is 333 g/mol. The van der Waals surface area contributed by atoms with Crippen LogP contribution in [0.5, 0.6) is 0 Å². The molecule has 1 aliphatic rings. The van der Waals surface area contributed by atoms with Crippen LogP contribution in [0.4, 0.5) is 10.5 Å². The molecule has 3 amide bonds. The first-order chi connectivity index (χ1) is 11.5. The molecule has 1 saturated carbocycles. The summed E-state index contributed by atoms with van der Waals surface area (Å²) in [6.07, 6.45) is 3.45. The quantitative estimate of drug-likeness (QED) is 0.546. The summed E-state index contributed by atoms with van der Waals surface area (Å²) in [6, 6.07) is 7.01. The molecule has 1 aliphatic carbocycles. The van der Waals surface area contributed by atoms with E-state index in [1.807, 2.05) is 24.3 Å². The van der Waals surface area contributed by atoms with Gasteiger partial charge in [0.25, 0.3) is 0 Å². The van der Waals surface area contributed by atoms with Gasteiger partial charge in [0.1, 0.15) is 0 Å². The van der Waals surface area contributed by atoms with Crippen molar-refractivity contribution in [1.29, 1.82) is 0 Å². The van der Waals surface area contributed by atoms with E-state index < -0.39 is 5.97 Å². The van der Waals surface area contributed by atoms with Gasteiger partial charge in [0.05, 0.1) is 0 Å². The number of carboxylic acids is 1. The number of urea groups is 1. The lowest BCUT2D eigenvalue weighted by Crippen LogP contribution is -2.35. The summed E-state index contributed by atoms with van der Waals surface area (Å²) in [5.41, 5.74) is 1.61. The Morgan fingerprint density at radius 3 is 2.62 bits per heavy atom. The van der Waals surface area contributed by atoms with E-state index in [1.54, 1.807) is 0 Å². The molecule has 4 N–H and O–H groups in total. The highest BCUT2D eigenvalue weighted by atomic mass is 16.4. The summed E-state index contributed by atoms with van der Waals surface area (Å²) in [5, 5.41) is 16.7. The molecule has 0 saturated heterocycles. The second kappa shape index (κ2) is 8.90. The maximum atomic E-state index is 11.9. The highest BCUT2D eigenvalue weighted by Gasteiger charge is 2.25. The largest absolute Gasteiger partial charge is 0.481 e. The van der Waals surface area contributed by atoms with Gasteiger partial charge in [-0.1, -0.05) is 18.6 Å². The molecule has 7 heteroatoms. The lowest BCUT2D eigenvalue weighted by molar-refractivity contribution is -0.137. The summed E-state index contributed by atoms with van der Waals surface area (Å²) in [5.74, 6) is -0.691. The molecular formula is C17H23N3O4. The fourth-order valence-corrected chi connectivity index (χ4v) is 2.36. The topological polar surface area (TPSA) is 108 Å². The summed E-state index contributed by atoms with van der Waals surface area (Å²) in [7, 11) is 0. The Hall–Kier alpha value is -2.57. The summed E-state index contributed by atoms with van der Waals surface area (Å²) in [6.45, 7) is 0.646. The Morgan fingerprint density at radius 2 is 1.96 bits per heavy atom. The van der Waals surface area contributed by atoms with Gasteiger partial charge in [0.15, 0.2) is 0 Å². The van der Waals surface area contributed by atoms with Gasteiger partial charge in [-0.25, -0.2) is 4.79 Å². The van der Waals surface area contributed by atoms with Crippen LogP contribution in [0.3, 0.4) is 0 Å². The number of aliphatic carboxylic acids is 1. The van der Waals surface area contributed by atoms with Crippen LogP contribution in [0.2, 0.25) is 0 Å². The molecule has 0 aliphatic heterocycles. The van der Waals surface area contributed by atoms with Gasteiger partial charge in [0, 0.05) is 31.1 Å². The molecule has 0 atom stereocenters. The maximum absolute atomic E-state index is 11.9. The van der Waals surface area contributed by atoms with Crippen molar-refractivity contribution < 1.29 is 19.5 Å². The Bertz CT molecular complexity index is 599. The van der Waals surface area contributed by atoms with Crippen LogP contribution in [-0.2, 0) is 16.1 Å². The molecule has 0 heterocycles. The lowest BCUT2D eigenvalue weighted by Gasteiger charge is -2.24. The molecule has 1 aromatic rings. The van der Waals surface area contributed by atoms with Crippen LogP contribution in [0.15, 0.2) is 24.3 Å². The number of carbonyl (C=O) groups is 3. The first-order valence-electron chi connectivity index (χ1n) is 8.18. The number of benzene rings is 1. The second-order valence-corrected chi connectivity index (χ2v) is 5.92. The molecule has 0 aromatic heterocycles. The van der Waals surface area contributed by atoms with Crippen molar-refractivity contribution in [1.82, 2.24) is 10.6 Å². The number of rotatable bonds is 8. The zero-order valence-corrected chi connectivity index (χ0v) is 13.5. The van der Waals surface area contributed by atoms with Crippen molar-refractivity contribution in [2.24, 2.45) is 5.92 Å². The standard InChI is InChI=1S/C17H23N3O4/c21-15(22)8-3-9-18-17(24)19-11-12-4-1-7-14(10-12)20-16(23)13-5-2-6-13/h1,4,7,10,13H,2-3,5-6,8-9,11H2,(H,20,23)(H,21,22)(H2,18,19,24). The molecule has 0 bridgehead atoms. The Labute approximate surface area is 140 Å². The van der Waals surface area contributed by atoms with Gasteiger partial charge in [-0.3, -0.25) is 9.59 Å². The average Bonchev–Trinajstić information content (AvgIpc) is 2.48. The highest BCUT2D eigenvalue weighted by Crippen LogP contribution is 2.27. The van der Waals surface area contributed by atoms with Crippen LogP contribution in [0.25, 0.3) is 0 Å². The van der Waals surface area contributed by atoms with Crippen LogP contribution in [-0.4, -0.2) is 29.6 Å². The van der Waals surface area contributed by atoms with Crippen LogP contribution < -0.4 is 16.0 Å². The fourth-order valence-electron chi connectivity index (χ4n) is 2.36. The molecule has 130 valence electrons. The molecule has 2 rings (SSSR count). The van der Waals surface area contributed by atoms with Crippen LogP contribution in [0, 0.1) is 5.92 Å². The molecule has 0 spiro atoms. The Morgan fingerprint density at radius 1 is 1.17 bits per heavy atom. The first kappa shape index (κ1) is 17.8. The van der Waals surface area contributed by atoms with Crippen LogP contribution in [0.1, 0.15) is 37.7 Å². The summed E-state index contributed by atoms with van der Waals surface area (Å²) < 4.78 is 0. The lowest BCUT2D eigenvalue weighted by atomic mass is 9.85. The third kappa shape index (κ3) is 5.91. The van der Waals surface area contributed by atoms with Gasteiger partial charge < -0.3 is 21.1 Å². The van der Waals surface area contributed by atoms with E-state index in [0.29, 0.717) is 19.5 Å². The minimum Gasteiger partial charge on any atom is -0.481 e. The normalized spacial score (nSPS) is 13.7. The van der Waals surface area contributed by atoms with Crippen LogP contribution >= 0.6 is 0 Å². The SMILES string of the molecule is O=C(O)CCCNC(=O)NCc1cccc(NC(=O)C2CCC2)c1. The Kier molecular flexibility index (Phi) is 6.60. The van der Waals surface area contributed by atoms with E-state index >= 15 is 0 Å². The predicted molar refractivity (Wildman–Crippen MR) is 89.5 cm³/mol. The molecule has 24 heavy (non-hydrogen) atoms. The van der Waals surface area contributed by atoms with E-state index in [-0.39, 0.29) is 24.3 Å². The van der Waals surface area contributed by atoms with Crippen molar-refractivity contribution >= 4 is 23.6 Å². The van der Waals surface area contributed by atoms with Crippen molar-refractivity contribution in [3.05, 3.63) is 29.8 Å². The Balaban J connectivity index is 1.72. The first-order valence-corrected chi connectivity index (χ1v) is 8.18. The third-order valence-corrected chi connectivity index (χ3v) is 3.98. The van der Waals surface area contributed by atoms with E-state index in [2.05, 4.69) is 16.0 Å². The summed E-state index contributed by atoms with van der Waals surface area (Å²) in [4.78, 5) is 33.9. The van der Waals surface area contributed by atoms with E-state index in [1.165, 1.54) is 0 Å². The van der Waals surface area contributed by atoms with Gasteiger partial charge in [0.2, 0.25) is 5.91 Å². The number of amides is 3. The number of carbonyl (C=O) groups excluding carboxylic acids is 2. The number of nitrogens with one attached hydrogen (secondary N) is 3. The molecule has 0 unspecified atom stereocenters. The highest BCUT2D eigenvalue weighted by molar-refractivity contribution is 5.93. The smallest absolute Gasteiger partial charge is 0.315 e. The fraction of sp³-hybridized carbons (Fsp3) is 0.471. The van der Waals surface area contributed by atoms with Gasteiger partial charge in [-0.2, -0.15) is 0 Å². The van der Waals surface area contributed by atoms with Crippen molar-refractivity contribution in [3.8, 4) is 0 Å². The van der Waals surface area contributed by atoms with E-state index in [4.69, 9.17) is 5.11 Å². The zero-order valence-electron chi connectivity index (χ0n) is 13.5. The molecule has 1 fully saturated rings. The van der Waals surface area contributed by atoms with E-state index in [0.717, 1.165) is 30.5 Å². The van der Waals surface area contributed by atoms with Gasteiger partial charge in [-0.15, -0.1) is 0 Å².